The summed E-state index contributed by atoms with van der Waals surface area (Å²) in [6.45, 7) is 12.4. The number of aryl methyl sites for hydroxylation is 2. The first kappa shape index (κ1) is 19.1. The molecule has 0 heterocycles. The first-order valence-corrected chi connectivity index (χ1v) is 10.4. The Labute approximate surface area is 153 Å². The van der Waals surface area contributed by atoms with Crippen LogP contribution in [0, 0.1) is 13.8 Å². The standard InChI is InChI=1S/C20H26O2S2/c1-11(2)15-7-13(5)19(21)17(9-15)23-24-18-10-16(12(3)4)8-14(6)20(18)22/h7-12,21-22H,1-6H3. The van der Waals surface area contributed by atoms with Gasteiger partial charge in [0.15, 0.2) is 0 Å². The van der Waals surface area contributed by atoms with Crippen molar-refractivity contribution in [2.75, 3.05) is 0 Å². The van der Waals surface area contributed by atoms with Crippen molar-refractivity contribution in [2.45, 2.75) is 63.2 Å². The zero-order chi connectivity index (χ0) is 18.0. The van der Waals surface area contributed by atoms with Crippen LogP contribution in [0.15, 0.2) is 34.1 Å². The van der Waals surface area contributed by atoms with E-state index >= 15 is 0 Å². The molecule has 0 fully saturated rings. The van der Waals surface area contributed by atoms with Gasteiger partial charge in [0.1, 0.15) is 11.5 Å². The summed E-state index contributed by atoms with van der Waals surface area (Å²) < 4.78 is 0. The number of hydrogen-bond donors (Lipinski definition) is 2. The minimum absolute atomic E-state index is 0.327. The molecule has 0 saturated carbocycles. The molecule has 4 heteroatoms. The van der Waals surface area contributed by atoms with Crippen LogP contribution in [0.1, 0.15) is 61.8 Å². The van der Waals surface area contributed by atoms with Gasteiger partial charge in [-0.25, -0.2) is 0 Å². The Bertz CT molecular complexity index is 673. The predicted molar refractivity (Wildman–Crippen MR) is 106 cm³/mol. The van der Waals surface area contributed by atoms with Crippen LogP contribution < -0.4 is 0 Å². The van der Waals surface area contributed by atoms with Crippen molar-refractivity contribution in [3.63, 3.8) is 0 Å². The average molecular weight is 363 g/mol. The van der Waals surface area contributed by atoms with Gasteiger partial charge in [0, 0.05) is 0 Å². The van der Waals surface area contributed by atoms with E-state index < -0.39 is 0 Å². The molecular formula is C20H26O2S2. The second kappa shape index (κ2) is 7.75. The number of phenols is 2. The maximum Gasteiger partial charge on any atom is 0.132 e. The molecule has 0 amide bonds. The molecule has 0 aromatic heterocycles. The summed E-state index contributed by atoms with van der Waals surface area (Å²) in [5.41, 5.74) is 4.20. The van der Waals surface area contributed by atoms with Crippen LogP contribution in [-0.2, 0) is 0 Å². The Morgan fingerprint density at radius 3 is 1.29 bits per heavy atom. The van der Waals surface area contributed by atoms with Crippen molar-refractivity contribution in [1.82, 2.24) is 0 Å². The monoisotopic (exact) mass is 362 g/mol. The Morgan fingerprint density at radius 2 is 1.00 bits per heavy atom. The van der Waals surface area contributed by atoms with Gasteiger partial charge in [0.25, 0.3) is 0 Å². The summed E-state index contributed by atoms with van der Waals surface area (Å²) >= 11 is 0. The normalized spacial score (nSPS) is 11.5. The summed E-state index contributed by atoms with van der Waals surface area (Å²) in [4.78, 5) is 1.69. The molecule has 0 aliphatic rings. The van der Waals surface area contributed by atoms with Crippen molar-refractivity contribution in [2.24, 2.45) is 0 Å². The van der Waals surface area contributed by atoms with E-state index in [2.05, 4.69) is 27.7 Å². The van der Waals surface area contributed by atoms with E-state index in [-0.39, 0.29) is 0 Å². The van der Waals surface area contributed by atoms with Gasteiger partial charge in [-0.15, -0.1) is 0 Å². The molecule has 0 saturated heterocycles. The van der Waals surface area contributed by atoms with Gasteiger partial charge in [-0.1, -0.05) is 39.8 Å². The highest BCUT2D eigenvalue weighted by atomic mass is 33.1. The van der Waals surface area contributed by atoms with E-state index in [0.717, 1.165) is 20.9 Å². The predicted octanol–water partition coefficient (Wildman–Crippen LogP) is 6.76. The molecule has 2 nitrogen and oxygen atoms in total. The van der Waals surface area contributed by atoms with Crippen LogP contribution in [0.3, 0.4) is 0 Å². The minimum atomic E-state index is 0.327. The molecule has 0 aliphatic heterocycles. The van der Waals surface area contributed by atoms with Crippen molar-refractivity contribution in [3.8, 4) is 11.5 Å². The number of hydrogen-bond acceptors (Lipinski definition) is 4. The maximum absolute atomic E-state index is 10.4. The highest BCUT2D eigenvalue weighted by Gasteiger charge is 2.14. The summed E-state index contributed by atoms with van der Waals surface area (Å²) in [5.74, 6) is 1.48. The fourth-order valence-corrected chi connectivity index (χ4v) is 4.76. The first-order valence-electron chi connectivity index (χ1n) is 8.22. The van der Waals surface area contributed by atoms with E-state index in [0.29, 0.717) is 23.3 Å². The van der Waals surface area contributed by atoms with Gasteiger partial charge in [0.2, 0.25) is 0 Å². The zero-order valence-electron chi connectivity index (χ0n) is 15.2. The third kappa shape index (κ3) is 4.22. The number of rotatable bonds is 5. The lowest BCUT2D eigenvalue weighted by atomic mass is 10.0. The van der Waals surface area contributed by atoms with E-state index in [1.54, 1.807) is 0 Å². The first-order chi connectivity index (χ1) is 11.2. The molecule has 2 aromatic carbocycles. The summed E-state index contributed by atoms with van der Waals surface area (Å²) in [6, 6.07) is 8.16. The van der Waals surface area contributed by atoms with Crippen LogP contribution in [-0.4, -0.2) is 10.2 Å². The molecule has 2 aromatic rings. The topological polar surface area (TPSA) is 40.5 Å². The Balaban J connectivity index is 2.31. The zero-order valence-corrected chi connectivity index (χ0v) is 16.8. The minimum Gasteiger partial charge on any atom is -0.506 e. The van der Waals surface area contributed by atoms with E-state index in [1.165, 1.54) is 32.7 Å². The van der Waals surface area contributed by atoms with Crippen molar-refractivity contribution >= 4 is 21.6 Å². The number of aromatic hydroxyl groups is 2. The van der Waals surface area contributed by atoms with Crippen LogP contribution in [0.2, 0.25) is 0 Å². The fraction of sp³-hybridized carbons (Fsp3) is 0.400. The number of phenolic OH excluding ortho intramolecular Hbond substituents is 2. The molecule has 0 atom stereocenters. The SMILES string of the molecule is Cc1cc(C(C)C)cc(SSc2cc(C(C)C)cc(C)c2O)c1O. The maximum atomic E-state index is 10.4. The third-order valence-electron chi connectivity index (χ3n) is 4.13. The third-order valence-corrected chi connectivity index (χ3v) is 6.52. The van der Waals surface area contributed by atoms with E-state index in [1.807, 2.05) is 38.1 Å². The highest BCUT2D eigenvalue weighted by molar-refractivity contribution is 8.76. The lowest BCUT2D eigenvalue weighted by molar-refractivity contribution is 0.456. The summed E-state index contributed by atoms with van der Waals surface area (Å²) in [7, 11) is 2.99. The molecule has 0 bridgehead atoms. The Hall–Kier alpha value is -1.26. The fourth-order valence-electron chi connectivity index (χ4n) is 2.43. The summed E-state index contributed by atoms with van der Waals surface area (Å²) in [6.07, 6.45) is 0. The van der Waals surface area contributed by atoms with Gasteiger partial charge >= 0.3 is 0 Å². The molecule has 130 valence electrons. The molecule has 0 unspecified atom stereocenters. The lowest BCUT2D eigenvalue weighted by Crippen LogP contribution is -1.91. The second-order valence-electron chi connectivity index (χ2n) is 6.85. The van der Waals surface area contributed by atoms with Crippen LogP contribution in [0.4, 0.5) is 0 Å². The molecule has 0 radical (unpaired) electrons. The van der Waals surface area contributed by atoms with Gasteiger partial charge < -0.3 is 10.2 Å². The van der Waals surface area contributed by atoms with Crippen LogP contribution in [0.25, 0.3) is 0 Å². The molecular weight excluding hydrogens is 336 g/mol. The number of benzene rings is 2. The van der Waals surface area contributed by atoms with Crippen molar-refractivity contribution < 1.29 is 10.2 Å². The van der Waals surface area contributed by atoms with Gasteiger partial charge in [-0.05, 0) is 81.7 Å². The molecule has 0 aliphatic carbocycles. The van der Waals surface area contributed by atoms with Crippen LogP contribution >= 0.6 is 21.6 Å². The molecule has 24 heavy (non-hydrogen) atoms. The van der Waals surface area contributed by atoms with Crippen molar-refractivity contribution in [3.05, 3.63) is 46.5 Å². The van der Waals surface area contributed by atoms with E-state index in [9.17, 15) is 10.2 Å². The largest absolute Gasteiger partial charge is 0.506 e. The molecule has 0 spiro atoms. The Morgan fingerprint density at radius 1 is 0.667 bits per heavy atom. The van der Waals surface area contributed by atoms with Crippen LogP contribution in [0.5, 0.6) is 11.5 Å². The van der Waals surface area contributed by atoms with Gasteiger partial charge in [0.05, 0.1) is 9.79 Å². The quantitative estimate of drug-likeness (QED) is 0.576. The van der Waals surface area contributed by atoms with Crippen molar-refractivity contribution in [1.29, 1.82) is 0 Å². The van der Waals surface area contributed by atoms with E-state index in [4.69, 9.17) is 0 Å². The second-order valence-corrected chi connectivity index (χ2v) is 9.06. The average Bonchev–Trinajstić information content (AvgIpc) is 2.51. The Kier molecular flexibility index (Phi) is 6.16. The smallest absolute Gasteiger partial charge is 0.132 e. The summed E-state index contributed by atoms with van der Waals surface area (Å²) in [5, 5.41) is 20.7. The highest BCUT2D eigenvalue weighted by Crippen LogP contribution is 2.47. The molecule has 2 N–H and O–H groups in total. The molecule has 2 rings (SSSR count). The van der Waals surface area contributed by atoms with Gasteiger partial charge in [-0.3, -0.25) is 0 Å². The van der Waals surface area contributed by atoms with Gasteiger partial charge in [-0.2, -0.15) is 0 Å². The lowest BCUT2D eigenvalue weighted by Gasteiger charge is -2.14.